The first-order valence-corrected chi connectivity index (χ1v) is 6.39. The molecule has 0 aliphatic rings. The zero-order valence-electron chi connectivity index (χ0n) is 11.5. The van der Waals surface area contributed by atoms with Gasteiger partial charge in [0.15, 0.2) is 0 Å². The molecule has 0 aliphatic heterocycles. The zero-order valence-corrected chi connectivity index (χ0v) is 11.5. The van der Waals surface area contributed by atoms with E-state index in [2.05, 4.69) is 5.32 Å². The lowest BCUT2D eigenvalue weighted by Gasteiger charge is -2.15. The number of hydrogen-bond donors (Lipinski definition) is 3. The molecule has 0 saturated carbocycles. The number of rotatable bonds is 5. The first-order valence-electron chi connectivity index (χ1n) is 6.39. The fraction of sp³-hybridized carbons (Fsp3) is 0.214. The first-order chi connectivity index (χ1) is 10.1. The Balaban J connectivity index is 2.28. The van der Waals surface area contributed by atoms with Crippen LogP contribution >= 0.6 is 0 Å². The van der Waals surface area contributed by atoms with Gasteiger partial charge in [-0.1, -0.05) is 6.92 Å². The van der Waals surface area contributed by atoms with Crippen molar-refractivity contribution in [3.8, 4) is 5.75 Å². The lowest BCUT2D eigenvalue weighted by molar-refractivity contribution is 0.251. The minimum absolute atomic E-state index is 0.171. The van der Waals surface area contributed by atoms with Crippen molar-refractivity contribution in [2.75, 3.05) is 5.32 Å². The number of benzene rings is 1. The largest absolute Gasteiger partial charge is 0.483 e. The molecule has 0 saturated heterocycles. The summed E-state index contributed by atoms with van der Waals surface area (Å²) in [6.07, 6.45) is 2.08. The smallest absolute Gasteiger partial charge is 0.333 e. The van der Waals surface area contributed by atoms with Gasteiger partial charge < -0.3 is 14.5 Å². The number of nitrogens with two attached hydrogens (primary N) is 1. The molecule has 0 fully saturated rings. The van der Waals surface area contributed by atoms with Crippen molar-refractivity contribution in [1.29, 1.82) is 0 Å². The maximum atomic E-state index is 13.6. The summed E-state index contributed by atoms with van der Waals surface area (Å²) in [7, 11) is 0. The summed E-state index contributed by atoms with van der Waals surface area (Å²) in [4.78, 5) is 11.3. The van der Waals surface area contributed by atoms with E-state index in [1.165, 1.54) is 18.4 Å². The van der Waals surface area contributed by atoms with E-state index in [0.29, 0.717) is 23.5 Å². The Morgan fingerprint density at radius 1 is 1.48 bits per heavy atom. The van der Waals surface area contributed by atoms with E-state index in [1.807, 2.05) is 12.3 Å². The summed E-state index contributed by atoms with van der Waals surface area (Å²) in [6, 6.07) is 5.37. The molecule has 0 unspecified atom stereocenters. The average Bonchev–Trinajstić information content (AvgIpc) is 2.98. The number of nitrogens with one attached hydrogen (secondary N) is 2. The summed E-state index contributed by atoms with van der Waals surface area (Å²) >= 11 is 0. The molecular formula is C14H16FN3O3. The number of furan rings is 1. The predicted octanol–water partition coefficient (Wildman–Crippen LogP) is 2.56. The molecule has 1 aromatic carbocycles. The van der Waals surface area contributed by atoms with Crippen LogP contribution in [0.15, 0.2) is 34.9 Å². The van der Waals surface area contributed by atoms with Gasteiger partial charge in [-0.25, -0.2) is 15.0 Å². The van der Waals surface area contributed by atoms with Crippen LogP contribution in [0.25, 0.3) is 0 Å². The highest BCUT2D eigenvalue weighted by Crippen LogP contribution is 2.31. The highest BCUT2D eigenvalue weighted by atomic mass is 19.1. The van der Waals surface area contributed by atoms with Crippen LogP contribution in [0, 0.1) is 5.82 Å². The number of carbonyl (C=O) groups excluding carboxylic acids is 1. The zero-order chi connectivity index (χ0) is 15.2. The molecule has 1 heterocycles. The van der Waals surface area contributed by atoms with E-state index in [0.717, 1.165) is 0 Å². The predicted molar refractivity (Wildman–Crippen MR) is 75.2 cm³/mol. The van der Waals surface area contributed by atoms with Gasteiger partial charge >= 0.3 is 6.03 Å². The molecule has 6 nitrogen and oxygen atoms in total. The van der Waals surface area contributed by atoms with Crippen LogP contribution < -0.4 is 21.3 Å². The molecule has 21 heavy (non-hydrogen) atoms. The van der Waals surface area contributed by atoms with Gasteiger partial charge in [0, 0.05) is 6.07 Å². The van der Waals surface area contributed by atoms with E-state index in [1.54, 1.807) is 12.1 Å². The summed E-state index contributed by atoms with van der Waals surface area (Å²) in [5.41, 5.74) is 2.76. The molecule has 112 valence electrons. The second-order valence-electron chi connectivity index (χ2n) is 4.26. The second kappa shape index (κ2) is 6.76. The normalized spacial score (nSPS) is 10.2. The Labute approximate surface area is 121 Å². The average molecular weight is 293 g/mol. The lowest BCUT2D eigenvalue weighted by atomic mass is 10.1. The molecule has 0 radical (unpaired) electrons. The summed E-state index contributed by atoms with van der Waals surface area (Å²) in [6.45, 7) is 2.03. The monoisotopic (exact) mass is 293 g/mol. The van der Waals surface area contributed by atoms with Gasteiger partial charge in [-0.3, -0.25) is 5.43 Å². The highest BCUT2D eigenvalue weighted by molar-refractivity contribution is 5.90. The number of halogens is 1. The van der Waals surface area contributed by atoms with Crippen molar-refractivity contribution in [2.45, 2.75) is 20.0 Å². The molecule has 0 bridgehead atoms. The van der Waals surface area contributed by atoms with Crippen molar-refractivity contribution in [3.63, 3.8) is 0 Å². The summed E-state index contributed by atoms with van der Waals surface area (Å²) in [5, 5.41) is 2.44. The molecule has 0 spiro atoms. The van der Waals surface area contributed by atoms with Crippen LogP contribution in [-0.2, 0) is 13.0 Å². The van der Waals surface area contributed by atoms with Crippen LogP contribution in [0.5, 0.6) is 5.75 Å². The SMILES string of the molecule is CCc1cc(F)cc(NC(=O)NN)c1OCc1ccco1. The maximum Gasteiger partial charge on any atom is 0.333 e. The summed E-state index contributed by atoms with van der Waals surface area (Å²) < 4.78 is 24.4. The lowest BCUT2D eigenvalue weighted by Crippen LogP contribution is -2.34. The molecule has 2 rings (SSSR count). The van der Waals surface area contributed by atoms with Crippen LogP contribution in [0.3, 0.4) is 0 Å². The maximum absolute atomic E-state index is 13.6. The molecule has 0 atom stereocenters. The standard InChI is InChI=1S/C14H16FN3O3/c1-2-9-6-10(15)7-12(17-14(19)18-16)13(9)21-8-11-4-3-5-20-11/h3-7H,2,8,16H2,1H3,(H2,17,18,19). The third kappa shape index (κ3) is 3.73. The quantitative estimate of drug-likeness (QED) is 0.449. The molecule has 4 N–H and O–H groups in total. The third-order valence-corrected chi connectivity index (χ3v) is 2.83. The fourth-order valence-corrected chi connectivity index (χ4v) is 1.87. The van der Waals surface area contributed by atoms with Gasteiger partial charge in [-0.15, -0.1) is 0 Å². The van der Waals surface area contributed by atoms with Gasteiger partial charge in [0.1, 0.15) is 23.9 Å². The molecule has 2 aromatic rings. The van der Waals surface area contributed by atoms with Crippen LogP contribution in [0.2, 0.25) is 0 Å². The van der Waals surface area contributed by atoms with Gasteiger partial charge in [-0.2, -0.15) is 0 Å². The molecule has 7 heteroatoms. The number of amides is 2. The number of urea groups is 1. The number of hydrogen-bond acceptors (Lipinski definition) is 4. The molecule has 1 aromatic heterocycles. The van der Waals surface area contributed by atoms with Gasteiger partial charge in [0.25, 0.3) is 0 Å². The Bertz CT molecular complexity index is 614. The van der Waals surface area contributed by atoms with Crippen molar-refractivity contribution in [2.24, 2.45) is 5.84 Å². The number of carbonyl (C=O) groups is 1. The molecule has 0 aliphatic carbocycles. The Morgan fingerprint density at radius 3 is 2.90 bits per heavy atom. The number of aryl methyl sites for hydroxylation is 1. The van der Waals surface area contributed by atoms with Crippen molar-refractivity contribution < 1.29 is 18.3 Å². The molecule has 2 amide bonds. The van der Waals surface area contributed by atoms with E-state index in [4.69, 9.17) is 15.0 Å². The van der Waals surface area contributed by atoms with Gasteiger partial charge in [-0.05, 0) is 30.2 Å². The summed E-state index contributed by atoms with van der Waals surface area (Å²) in [5.74, 6) is 5.56. The minimum Gasteiger partial charge on any atom is -0.483 e. The third-order valence-electron chi connectivity index (χ3n) is 2.83. The topological polar surface area (TPSA) is 89.5 Å². The van der Waals surface area contributed by atoms with E-state index < -0.39 is 11.8 Å². The van der Waals surface area contributed by atoms with Gasteiger partial charge in [0.2, 0.25) is 0 Å². The minimum atomic E-state index is -0.662. The van der Waals surface area contributed by atoms with Crippen LogP contribution in [-0.4, -0.2) is 6.03 Å². The Hall–Kier alpha value is -2.54. The van der Waals surface area contributed by atoms with E-state index in [9.17, 15) is 9.18 Å². The number of hydrazine groups is 1. The molecular weight excluding hydrogens is 277 g/mol. The number of ether oxygens (including phenoxy) is 1. The van der Waals surface area contributed by atoms with Crippen molar-refractivity contribution in [3.05, 3.63) is 47.7 Å². The van der Waals surface area contributed by atoms with E-state index >= 15 is 0 Å². The van der Waals surface area contributed by atoms with Crippen molar-refractivity contribution in [1.82, 2.24) is 5.43 Å². The Kier molecular flexibility index (Phi) is 4.78. The first kappa shape index (κ1) is 14.9. The van der Waals surface area contributed by atoms with Crippen molar-refractivity contribution >= 4 is 11.7 Å². The fourth-order valence-electron chi connectivity index (χ4n) is 1.87. The number of anilines is 1. The highest BCUT2D eigenvalue weighted by Gasteiger charge is 2.14. The second-order valence-corrected chi connectivity index (χ2v) is 4.26. The Morgan fingerprint density at radius 2 is 2.29 bits per heavy atom. The van der Waals surface area contributed by atoms with Gasteiger partial charge in [0.05, 0.1) is 12.0 Å². The van der Waals surface area contributed by atoms with E-state index in [-0.39, 0.29) is 12.3 Å². The van der Waals surface area contributed by atoms with Crippen LogP contribution in [0.4, 0.5) is 14.9 Å². The van der Waals surface area contributed by atoms with Crippen LogP contribution in [0.1, 0.15) is 18.2 Å².